The van der Waals surface area contributed by atoms with Gasteiger partial charge in [0, 0.05) is 10.5 Å². The van der Waals surface area contributed by atoms with Crippen molar-refractivity contribution in [2.45, 2.75) is 49.3 Å². The molecule has 1 N–H and O–H groups in total. The van der Waals surface area contributed by atoms with E-state index in [1.54, 1.807) is 11.4 Å². The molecule has 2 rings (SSSR count). The van der Waals surface area contributed by atoms with Gasteiger partial charge in [-0.25, -0.2) is 13.1 Å². The number of halogens is 1. The van der Waals surface area contributed by atoms with E-state index in [4.69, 9.17) is 0 Å². The second-order valence-corrected chi connectivity index (χ2v) is 8.48. The first-order valence-corrected chi connectivity index (χ1v) is 9.44. The van der Waals surface area contributed by atoms with Crippen molar-refractivity contribution in [2.75, 3.05) is 0 Å². The Balaban J connectivity index is 2.00. The van der Waals surface area contributed by atoms with Crippen LogP contribution in [0, 0.1) is 5.92 Å². The number of thiophene rings is 1. The van der Waals surface area contributed by atoms with E-state index in [-0.39, 0.29) is 6.04 Å². The lowest BCUT2D eigenvalue weighted by molar-refractivity contribution is 0.306. The lowest BCUT2D eigenvalue weighted by Crippen LogP contribution is -2.37. The molecule has 1 aliphatic rings. The molecule has 0 radical (unpaired) electrons. The SMILES string of the molecule is CCC1CCC(NS(=O)(=O)c2sccc2Br)CC1. The molecule has 1 aromatic rings. The van der Waals surface area contributed by atoms with Crippen molar-refractivity contribution >= 4 is 37.3 Å². The Kier molecular flexibility index (Phi) is 4.86. The van der Waals surface area contributed by atoms with Crippen molar-refractivity contribution in [2.24, 2.45) is 5.92 Å². The third-order valence-corrected chi connectivity index (χ3v) is 7.76. The highest BCUT2D eigenvalue weighted by atomic mass is 79.9. The quantitative estimate of drug-likeness (QED) is 0.897. The van der Waals surface area contributed by atoms with Gasteiger partial charge in [-0.05, 0) is 59.0 Å². The van der Waals surface area contributed by atoms with Crippen LogP contribution in [0.5, 0.6) is 0 Å². The third-order valence-electron chi connectivity index (χ3n) is 3.57. The fourth-order valence-corrected chi connectivity index (χ4v) is 6.09. The van der Waals surface area contributed by atoms with Crippen LogP contribution < -0.4 is 4.72 Å². The molecule has 0 bridgehead atoms. The fourth-order valence-electron chi connectivity index (χ4n) is 2.43. The standard InChI is InChI=1S/C12H18BrNO2S2/c1-2-9-3-5-10(6-4-9)14-18(15,16)12-11(13)7-8-17-12/h7-10,14H,2-6H2,1H3. The zero-order chi connectivity index (χ0) is 13.2. The molecule has 0 unspecified atom stereocenters. The summed E-state index contributed by atoms with van der Waals surface area (Å²) in [6.45, 7) is 2.21. The Hall–Kier alpha value is 0.0900. The second-order valence-electron chi connectivity index (χ2n) is 4.80. The molecule has 0 amide bonds. The van der Waals surface area contributed by atoms with E-state index in [0.29, 0.717) is 8.68 Å². The van der Waals surface area contributed by atoms with E-state index in [1.165, 1.54) is 17.8 Å². The molecule has 102 valence electrons. The Bertz CT molecular complexity index is 490. The number of hydrogen-bond acceptors (Lipinski definition) is 3. The van der Waals surface area contributed by atoms with Gasteiger partial charge in [0.1, 0.15) is 4.21 Å². The first-order valence-electron chi connectivity index (χ1n) is 6.28. The largest absolute Gasteiger partial charge is 0.251 e. The summed E-state index contributed by atoms with van der Waals surface area (Å²) in [7, 11) is -3.35. The summed E-state index contributed by atoms with van der Waals surface area (Å²) in [6.07, 6.45) is 5.39. The van der Waals surface area contributed by atoms with Crippen molar-refractivity contribution in [3.8, 4) is 0 Å². The van der Waals surface area contributed by atoms with Crippen LogP contribution in [-0.2, 0) is 10.0 Å². The van der Waals surface area contributed by atoms with Crippen molar-refractivity contribution in [1.82, 2.24) is 4.72 Å². The lowest BCUT2D eigenvalue weighted by atomic mass is 9.85. The lowest BCUT2D eigenvalue weighted by Gasteiger charge is -2.28. The van der Waals surface area contributed by atoms with Gasteiger partial charge in [-0.2, -0.15) is 0 Å². The molecule has 1 aromatic heterocycles. The first kappa shape index (κ1) is 14.5. The third kappa shape index (κ3) is 3.35. The maximum atomic E-state index is 12.2. The summed E-state index contributed by atoms with van der Waals surface area (Å²) in [5, 5.41) is 1.78. The molecule has 0 aliphatic heterocycles. The molecule has 1 fully saturated rings. The Morgan fingerprint density at radius 3 is 2.56 bits per heavy atom. The van der Waals surface area contributed by atoms with Gasteiger partial charge in [0.25, 0.3) is 10.0 Å². The van der Waals surface area contributed by atoms with E-state index < -0.39 is 10.0 Å². The van der Waals surface area contributed by atoms with E-state index in [2.05, 4.69) is 27.6 Å². The van der Waals surface area contributed by atoms with Gasteiger partial charge in [0.05, 0.1) is 0 Å². The van der Waals surface area contributed by atoms with Crippen molar-refractivity contribution in [3.63, 3.8) is 0 Å². The minimum absolute atomic E-state index is 0.104. The average molecular weight is 352 g/mol. The highest BCUT2D eigenvalue weighted by molar-refractivity contribution is 9.10. The van der Waals surface area contributed by atoms with Gasteiger partial charge in [0.15, 0.2) is 0 Å². The van der Waals surface area contributed by atoms with Gasteiger partial charge in [-0.3, -0.25) is 0 Å². The summed E-state index contributed by atoms with van der Waals surface area (Å²) in [6, 6.07) is 1.87. The van der Waals surface area contributed by atoms with Crippen LogP contribution in [-0.4, -0.2) is 14.5 Å². The molecule has 6 heteroatoms. The Morgan fingerprint density at radius 2 is 2.06 bits per heavy atom. The van der Waals surface area contributed by atoms with Crippen LogP contribution in [0.1, 0.15) is 39.0 Å². The van der Waals surface area contributed by atoms with Crippen LogP contribution in [0.25, 0.3) is 0 Å². The van der Waals surface area contributed by atoms with E-state index in [9.17, 15) is 8.42 Å². The molecule has 0 saturated heterocycles. The smallest absolute Gasteiger partial charge is 0.207 e. The van der Waals surface area contributed by atoms with Crippen molar-refractivity contribution in [1.29, 1.82) is 0 Å². The molecule has 1 heterocycles. The summed E-state index contributed by atoms with van der Waals surface area (Å²) >= 11 is 4.53. The average Bonchev–Trinajstić information content (AvgIpc) is 2.77. The zero-order valence-corrected chi connectivity index (χ0v) is 13.6. The van der Waals surface area contributed by atoms with Gasteiger partial charge >= 0.3 is 0 Å². The molecule has 3 nitrogen and oxygen atoms in total. The van der Waals surface area contributed by atoms with E-state index in [1.807, 2.05) is 0 Å². The van der Waals surface area contributed by atoms with Crippen LogP contribution in [0.15, 0.2) is 20.1 Å². The number of sulfonamides is 1. The van der Waals surface area contributed by atoms with Crippen LogP contribution in [0.4, 0.5) is 0 Å². The van der Waals surface area contributed by atoms with E-state index in [0.717, 1.165) is 31.6 Å². The normalized spacial score (nSPS) is 25.2. The minimum Gasteiger partial charge on any atom is -0.207 e. The molecular formula is C12H18BrNO2S2. The molecule has 0 spiro atoms. The van der Waals surface area contributed by atoms with Crippen LogP contribution in [0.2, 0.25) is 0 Å². The summed E-state index contributed by atoms with van der Waals surface area (Å²) in [5.41, 5.74) is 0. The predicted octanol–water partition coefficient (Wildman–Crippen LogP) is 3.76. The van der Waals surface area contributed by atoms with E-state index >= 15 is 0 Å². The minimum atomic E-state index is -3.35. The van der Waals surface area contributed by atoms with Gasteiger partial charge in [0.2, 0.25) is 0 Å². The maximum absolute atomic E-state index is 12.2. The molecule has 1 aliphatic carbocycles. The number of nitrogens with one attached hydrogen (secondary N) is 1. The molecule has 1 saturated carbocycles. The van der Waals surface area contributed by atoms with Gasteiger partial charge < -0.3 is 0 Å². The molecule has 0 atom stereocenters. The first-order chi connectivity index (χ1) is 8.53. The second kappa shape index (κ2) is 6.03. The van der Waals surface area contributed by atoms with Gasteiger partial charge in [-0.1, -0.05) is 13.3 Å². The maximum Gasteiger partial charge on any atom is 0.251 e. The number of rotatable bonds is 4. The highest BCUT2D eigenvalue weighted by Gasteiger charge is 2.26. The zero-order valence-electron chi connectivity index (χ0n) is 10.4. The van der Waals surface area contributed by atoms with Gasteiger partial charge in [-0.15, -0.1) is 11.3 Å². The number of hydrogen-bond donors (Lipinski definition) is 1. The summed E-state index contributed by atoms with van der Waals surface area (Å²) in [5.74, 6) is 0.777. The molecular weight excluding hydrogens is 334 g/mol. The summed E-state index contributed by atoms with van der Waals surface area (Å²) in [4.78, 5) is 0. The topological polar surface area (TPSA) is 46.2 Å². The predicted molar refractivity (Wildman–Crippen MR) is 78.4 cm³/mol. The molecule has 18 heavy (non-hydrogen) atoms. The fraction of sp³-hybridized carbons (Fsp3) is 0.667. The van der Waals surface area contributed by atoms with Crippen molar-refractivity contribution < 1.29 is 8.42 Å². The van der Waals surface area contributed by atoms with Crippen LogP contribution in [0.3, 0.4) is 0 Å². The molecule has 0 aromatic carbocycles. The summed E-state index contributed by atoms with van der Waals surface area (Å²) < 4.78 is 28.3. The highest BCUT2D eigenvalue weighted by Crippen LogP contribution is 2.30. The van der Waals surface area contributed by atoms with Crippen LogP contribution >= 0.6 is 27.3 Å². The Morgan fingerprint density at radius 1 is 1.39 bits per heavy atom. The Labute approximate surface area is 121 Å². The van der Waals surface area contributed by atoms with Crippen molar-refractivity contribution in [3.05, 3.63) is 15.9 Å². The monoisotopic (exact) mass is 351 g/mol.